The van der Waals surface area contributed by atoms with E-state index < -0.39 is 6.04 Å². The highest BCUT2D eigenvalue weighted by Gasteiger charge is 2.29. The van der Waals surface area contributed by atoms with Gasteiger partial charge in [0.2, 0.25) is 11.8 Å². The summed E-state index contributed by atoms with van der Waals surface area (Å²) in [4.78, 5) is 29.0. The van der Waals surface area contributed by atoms with E-state index in [1.165, 1.54) is 17.3 Å². The molecule has 5 nitrogen and oxygen atoms in total. The number of hydrogen-bond donors (Lipinski definition) is 1. The summed E-state index contributed by atoms with van der Waals surface area (Å²) in [6, 6.07) is 15.3. The summed E-state index contributed by atoms with van der Waals surface area (Å²) in [6.07, 6.45) is 1.40. The van der Waals surface area contributed by atoms with Gasteiger partial charge in [-0.15, -0.1) is 11.8 Å². The first-order valence-corrected chi connectivity index (χ1v) is 11.8. The largest absolute Gasteiger partial charge is 0.497 e. The molecule has 6 heteroatoms. The summed E-state index contributed by atoms with van der Waals surface area (Å²) in [6.45, 7) is 8.38. The van der Waals surface area contributed by atoms with Crippen LogP contribution in [0.5, 0.6) is 5.75 Å². The van der Waals surface area contributed by atoms with Gasteiger partial charge in [-0.25, -0.2) is 0 Å². The minimum absolute atomic E-state index is 0.0486. The number of rotatable bonds is 11. The lowest BCUT2D eigenvalue weighted by atomic mass is 10.1. The van der Waals surface area contributed by atoms with E-state index in [1.807, 2.05) is 76.2 Å². The van der Waals surface area contributed by atoms with Crippen LogP contribution in [0, 0.1) is 6.92 Å². The number of carbonyl (C=O) groups excluding carboxylic acids is 2. The molecule has 0 bridgehead atoms. The van der Waals surface area contributed by atoms with Crippen LogP contribution in [0.2, 0.25) is 0 Å². The van der Waals surface area contributed by atoms with Crippen molar-refractivity contribution in [3.8, 4) is 5.75 Å². The number of ether oxygens (including phenoxy) is 1. The lowest BCUT2D eigenvalue weighted by molar-refractivity contribution is -0.139. The number of nitrogens with zero attached hydrogens (tertiary/aromatic N) is 1. The molecule has 2 unspecified atom stereocenters. The van der Waals surface area contributed by atoms with Crippen LogP contribution in [-0.4, -0.2) is 41.7 Å². The van der Waals surface area contributed by atoms with Crippen molar-refractivity contribution in [2.45, 2.75) is 64.1 Å². The molecule has 0 saturated carbocycles. The Morgan fingerprint density at radius 1 is 1.03 bits per heavy atom. The van der Waals surface area contributed by atoms with Gasteiger partial charge in [0.1, 0.15) is 11.8 Å². The van der Waals surface area contributed by atoms with Crippen LogP contribution >= 0.6 is 11.8 Å². The molecule has 0 spiro atoms. The maximum atomic E-state index is 13.3. The second-order valence-electron chi connectivity index (χ2n) is 7.71. The standard InChI is InChI=1S/C25H34N2O3S/c1-6-19(4)26-25(29)23(7-2)27(16-20-10-12-21(30-5)13-11-20)24(28)17-31-22-14-8-18(3)9-15-22/h8-15,19,23H,6-7,16-17H2,1-5H3,(H,26,29). The van der Waals surface area contributed by atoms with Crippen molar-refractivity contribution in [1.29, 1.82) is 0 Å². The first kappa shape index (κ1) is 24.8. The number of amides is 2. The molecule has 2 rings (SSSR count). The smallest absolute Gasteiger partial charge is 0.243 e. The van der Waals surface area contributed by atoms with Gasteiger partial charge in [0, 0.05) is 17.5 Å². The molecule has 168 valence electrons. The van der Waals surface area contributed by atoms with Crippen molar-refractivity contribution in [2.75, 3.05) is 12.9 Å². The Bertz CT molecular complexity index is 837. The number of methoxy groups -OCH3 is 1. The van der Waals surface area contributed by atoms with E-state index in [1.54, 1.807) is 12.0 Å². The summed E-state index contributed by atoms with van der Waals surface area (Å²) in [5.74, 6) is 0.900. The molecule has 1 N–H and O–H groups in total. The summed E-state index contributed by atoms with van der Waals surface area (Å²) < 4.78 is 5.23. The molecule has 0 radical (unpaired) electrons. The van der Waals surface area contributed by atoms with E-state index in [9.17, 15) is 9.59 Å². The SMILES string of the molecule is CCC(C)NC(=O)C(CC)N(Cc1ccc(OC)cc1)C(=O)CSc1ccc(C)cc1. The van der Waals surface area contributed by atoms with Gasteiger partial charge in [-0.1, -0.05) is 43.7 Å². The first-order chi connectivity index (χ1) is 14.9. The highest BCUT2D eigenvalue weighted by Crippen LogP contribution is 2.22. The predicted octanol–water partition coefficient (Wildman–Crippen LogP) is 4.82. The molecule has 0 aromatic heterocycles. The zero-order chi connectivity index (χ0) is 22.8. The molecule has 0 heterocycles. The van der Waals surface area contributed by atoms with Crippen molar-refractivity contribution in [2.24, 2.45) is 0 Å². The minimum atomic E-state index is -0.512. The molecule has 0 saturated heterocycles. The fraction of sp³-hybridized carbons (Fsp3) is 0.440. The van der Waals surface area contributed by atoms with E-state index >= 15 is 0 Å². The van der Waals surface area contributed by atoms with Crippen molar-refractivity contribution in [3.05, 3.63) is 59.7 Å². The van der Waals surface area contributed by atoms with Gasteiger partial charge in [0.05, 0.1) is 12.9 Å². The van der Waals surface area contributed by atoms with Gasteiger partial charge in [0.15, 0.2) is 0 Å². The van der Waals surface area contributed by atoms with Crippen molar-refractivity contribution in [1.82, 2.24) is 10.2 Å². The molecule has 2 amide bonds. The quantitative estimate of drug-likeness (QED) is 0.507. The molecule has 31 heavy (non-hydrogen) atoms. The lowest BCUT2D eigenvalue weighted by Crippen LogP contribution is -2.51. The number of hydrogen-bond acceptors (Lipinski definition) is 4. The molecule has 2 aromatic carbocycles. The number of aryl methyl sites for hydroxylation is 1. The van der Waals surface area contributed by atoms with Crippen LogP contribution in [-0.2, 0) is 16.1 Å². The third-order valence-corrected chi connectivity index (χ3v) is 6.28. The van der Waals surface area contributed by atoms with Crippen LogP contribution in [0.25, 0.3) is 0 Å². The normalized spacial score (nSPS) is 12.7. The number of nitrogens with one attached hydrogen (secondary N) is 1. The zero-order valence-corrected chi connectivity index (χ0v) is 20.0. The molecule has 0 aliphatic heterocycles. The maximum absolute atomic E-state index is 13.3. The predicted molar refractivity (Wildman–Crippen MR) is 127 cm³/mol. The molecule has 0 aliphatic carbocycles. The molecule has 0 aliphatic rings. The zero-order valence-electron chi connectivity index (χ0n) is 19.2. The van der Waals surface area contributed by atoms with Crippen LogP contribution in [0.15, 0.2) is 53.4 Å². The Morgan fingerprint density at radius 2 is 1.68 bits per heavy atom. The van der Waals surface area contributed by atoms with Gasteiger partial charge >= 0.3 is 0 Å². The fourth-order valence-electron chi connectivity index (χ4n) is 3.15. The Kier molecular flexibility index (Phi) is 9.92. The van der Waals surface area contributed by atoms with Gasteiger partial charge in [-0.2, -0.15) is 0 Å². The fourth-order valence-corrected chi connectivity index (χ4v) is 3.94. The third kappa shape index (κ3) is 7.62. The lowest BCUT2D eigenvalue weighted by Gasteiger charge is -2.31. The molecule has 2 aromatic rings. The van der Waals surface area contributed by atoms with E-state index in [0.717, 1.165) is 22.6 Å². The van der Waals surface area contributed by atoms with E-state index in [-0.39, 0.29) is 23.6 Å². The molecule has 0 fully saturated rings. The third-order valence-electron chi connectivity index (χ3n) is 5.28. The highest BCUT2D eigenvalue weighted by atomic mass is 32.2. The Labute approximate surface area is 190 Å². The van der Waals surface area contributed by atoms with Gasteiger partial charge in [0.25, 0.3) is 0 Å². The summed E-state index contributed by atoms with van der Waals surface area (Å²) in [5, 5.41) is 3.04. The Balaban J connectivity index is 2.20. The van der Waals surface area contributed by atoms with E-state index in [2.05, 4.69) is 5.32 Å². The number of benzene rings is 2. The van der Waals surface area contributed by atoms with Gasteiger partial charge < -0.3 is 15.0 Å². The average molecular weight is 443 g/mol. The maximum Gasteiger partial charge on any atom is 0.243 e. The Hall–Kier alpha value is -2.47. The van der Waals surface area contributed by atoms with Gasteiger partial charge in [-0.3, -0.25) is 9.59 Å². The van der Waals surface area contributed by atoms with E-state index in [0.29, 0.717) is 13.0 Å². The van der Waals surface area contributed by atoms with Crippen LogP contribution < -0.4 is 10.1 Å². The van der Waals surface area contributed by atoms with Crippen molar-refractivity contribution in [3.63, 3.8) is 0 Å². The van der Waals surface area contributed by atoms with Crippen molar-refractivity contribution < 1.29 is 14.3 Å². The van der Waals surface area contributed by atoms with Crippen LogP contribution in [0.3, 0.4) is 0 Å². The summed E-state index contributed by atoms with van der Waals surface area (Å²) in [5.41, 5.74) is 2.15. The van der Waals surface area contributed by atoms with Crippen LogP contribution in [0.4, 0.5) is 0 Å². The average Bonchev–Trinajstić information content (AvgIpc) is 2.78. The molecular weight excluding hydrogens is 408 g/mol. The van der Waals surface area contributed by atoms with E-state index in [4.69, 9.17) is 4.74 Å². The second kappa shape index (κ2) is 12.4. The number of thioether (sulfide) groups is 1. The summed E-state index contributed by atoms with van der Waals surface area (Å²) in [7, 11) is 1.62. The summed E-state index contributed by atoms with van der Waals surface area (Å²) >= 11 is 1.50. The van der Waals surface area contributed by atoms with Crippen molar-refractivity contribution >= 4 is 23.6 Å². The molecular formula is C25H34N2O3S. The molecule has 2 atom stereocenters. The topological polar surface area (TPSA) is 58.6 Å². The monoisotopic (exact) mass is 442 g/mol. The highest BCUT2D eigenvalue weighted by molar-refractivity contribution is 8.00. The minimum Gasteiger partial charge on any atom is -0.497 e. The van der Waals surface area contributed by atoms with Gasteiger partial charge in [-0.05, 0) is 56.5 Å². The number of carbonyl (C=O) groups is 2. The first-order valence-electron chi connectivity index (χ1n) is 10.8. The van der Waals surface area contributed by atoms with Crippen LogP contribution in [0.1, 0.15) is 44.7 Å². The Morgan fingerprint density at radius 3 is 2.23 bits per heavy atom. The second-order valence-corrected chi connectivity index (χ2v) is 8.76.